The molecule has 19 heavy (non-hydrogen) atoms. The number of hydrogen-bond acceptors (Lipinski definition) is 4. The van der Waals surface area contributed by atoms with Crippen molar-refractivity contribution in [2.24, 2.45) is 5.73 Å². The minimum Gasteiger partial charge on any atom is -0.479 e. The molecule has 1 aliphatic heterocycles. The zero-order chi connectivity index (χ0) is 14.2. The number of carbonyl (C=O) groups is 1. The van der Waals surface area contributed by atoms with E-state index in [-0.39, 0.29) is 11.4 Å². The van der Waals surface area contributed by atoms with Gasteiger partial charge in [-0.15, -0.1) is 0 Å². The molecule has 104 valence electrons. The van der Waals surface area contributed by atoms with Gasteiger partial charge in [-0.05, 0) is 45.4 Å². The first-order chi connectivity index (χ1) is 8.78. The molecule has 4 N–H and O–H groups in total. The molecule has 0 radical (unpaired) electrons. The van der Waals surface area contributed by atoms with Gasteiger partial charge < -0.3 is 21.1 Å². The van der Waals surface area contributed by atoms with E-state index in [9.17, 15) is 4.79 Å². The Kier molecular flexibility index (Phi) is 3.41. The number of nitrogen functional groups attached to an aromatic ring is 1. The molecule has 0 fully saturated rings. The maximum Gasteiger partial charge on any atom is 0.267 e. The van der Waals surface area contributed by atoms with Crippen molar-refractivity contribution >= 4 is 17.3 Å². The number of hydrogen-bond donors (Lipinski definition) is 2. The molecule has 0 saturated heterocycles. The Hall–Kier alpha value is -1.75. The van der Waals surface area contributed by atoms with Crippen molar-refractivity contribution in [2.45, 2.75) is 38.8 Å². The lowest BCUT2D eigenvalue weighted by atomic mass is 10.0. The van der Waals surface area contributed by atoms with Crippen LogP contribution in [0.2, 0.25) is 0 Å². The molecule has 1 aromatic rings. The standard InChI is InChI=1S/C14H21N3O2/c1-9-13(18)17(7-6-14(2,3)16)11-8-10(15)4-5-12(11)19-9/h4-5,8-9H,6-7,15-16H2,1-3H3. The summed E-state index contributed by atoms with van der Waals surface area (Å²) < 4.78 is 5.58. The number of benzene rings is 1. The highest BCUT2D eigenvalue weighted by atomic mass is 16.5. The number of ether oxygens (including phenoxy) is 1. The van der Waals surface area contributed by atoms with E-state index in [4.69, 9.17) is 16.2 Å². The van der Waals surface area contributed by atoms with Gasteiger partial charge >= 0.3 is 0 Å². The fourth-order valence-electron chi connectivity index (χ4n) is 2.05. The summed E-state index contributed by atoms with van der Waals surface area (Å²) >= 11 is 0. The number of anilines is 2. The second-order valence-corrected chi connectivity index (χ2v) is 5.72. The predicted molar refractivity (Wildman–Crippen MR) is 76.2 cm³/mol. The first-order valence-corrected chi connectivity index (χ1v) is 6.44. The van der Waals surface area contributed by atoms with Crippen LogP contribution in [-0.2, 0) is 4.79 Å². The highest BCUT2D eigenvalue weighted by Gasteiger charge is 2.32. The molecule has 5 heteroatoms. The van der Waals surface area contributed by atoms with E-state index in [2.05, 4.69) is 0 Å². The molecule has 1 aliphatic rings. The van der Waals surface area contributed by atoms with Crippen LogP contribution in [-0.4, -0.2) is 24.1 Å². The van der Waals surface area contributed by atoms with E-state index in [0.29, 0.717) is 24.4 Å². The summed E-state index contributed by atoms with van der Waals surface area (Å²) in [5.74, 6) is 0.637. The summed E-state index contributed by atoms with van der Waals surface area (Å²) in [6.45, 7) is 6.21. The first kappa shape index (κ1) is 13.7. The third-order valence-corrected chi connectivity index (χ3v) is 3.17. The molecule has 2 rings (SSSR count). The molecule has 1 atom stereocenters. The van der Waals surface area contributed by atoms with Crippen LogP contribution < -0.4 is 21.1 Å². The average Bonchev–Trinajstić information content (AvgIpc) is 2.29. The number of fused-ring (bicyclic) bond motifs is 1. The summed E-state index contributed by atoms with van der Waals surface area (Å²) in [4.78, 5) is 14.0. The molecule has 1 aromatic carbocycles. The quantitative estimate of drug-likeness (QED) is 0.810. The van der Waals surface area contributed by atoms with Crippen molar-refractivity contribution in [3.05, 3.63) is 18.2 Å². The van der Waals surface area contributed by atoms with Gasteiger partial charge in [0.15, 0.2) is 6.10 Å². The lowest BCUT2D eigenvalue weighted by Gasteiger charge is -2.34. The third kappa shape index (κ3) is 2.98. The topological polar surface area (TPSA) is 81.6 Å². The second-order valence-electron chi connectivity index (χ2n) is 5.72. The SMILES string of the molecule is CC1Oc2ccc(N)cc2N(CCC(C)(C)N)C1=O. The van der Waals surface area contributed by atoms with Crippen molar-refractivity contribution in [2.75, 3.05) is 17.2 Å². The normalized spacial score (nSPS) is 19.1. The highest BCUT2D eigenvalue weighted by molar-refractivity contribution is 6.00. The van der Waals surface area contributed by atoms with E-state index in [1.807, 2.05) is 13.8 Å². The Labute approximate surface area is 113 Å². The molecule has 1 unspecified atom stereocenters. The molecule has 0 spiro atoms. The minimum absolute atomic E-state index is 0.0534. The smallest absolute Gasteiger partial charge is 0.267 e. The number of carbonyl (C=O) groups excluding carboxylic acids is 1. The third-order valence-electron chi connectivity index (χ3n) is 3.17. The number of nitrogens with zero attached hydrogens (tertiary/aromatic N) is 1. The molecule has 0 saturated carbocycles. The lowest BCUT2D eigenvalue weighted by Crippen LogP contribution is -2.47. The summed E-state index contributed by atoms with van der Waals surface area (Å²) in [6, 6.07) is 5.34. The van der Waals surface area contributed by atoms with Crippen LogP contribution in [0.15, 0.2) is 18.2 Å². The zero-order valence-corrected chi connectivity index (χ0v) is 11.6. The molecule has 0 aromatic heterocycles. The van der Waals surface area contributed by atoms with Gasteiger partial charge in [0.05, 0.1) is 5.69 Å². The number of rotatable bonds is 3. The molecule has 1 heterocycles. The zero-order valence-electron chi connectivity index (χ0n) is 11.6. The van der Waals surface area contributed by atoms with Gasteiger partial charge in [0.2, 0.25) is 0 Å². The van der Waals surface area contributed by atoms with Crippen molar-refractivity contribution in [3.63, 3.8) is 0 Å². The summed E-state index contributed by atoms with van der Waals surface area (Å²) in [5.41, 5.74) is 12.8. The maximum absolute atomic E-state index is 12.2. The Morgan fingerprint density at radius 2 is 2.11 bits per heavy atom. The van der Waals surface area contributed by atoms with Crippen molar-refractivity contribution in [1.29, 1.82) is 0 Å². The van der Waals surface area contributed by atoms with Gasteiger partial charge in [0.25, 0.3) is 5.91 Å². The van der Waals surface area contributed by atoms with E-state index in [1.54, 1.807) is 30.0 Å². The van der Waals surface area contributed by atoms with Crippen LogP contribution in [0.4, 0.5) is 11.4 Å². The number of amides is 1. The maximum atomic E-state index is 12.2. The predicted octanol–water partition coefficient (Wildman–Crippen LogP) is 1.51. The van der Waals surface area contributed by atoms with Crippen molar-refractivity contribution < 1.29 is 9.53 Å². The first-order valence-electron chi connectivity index (χ1n) is 6.44. The van der Waals surface area contributed by atoms with Crippen LogP contribution in [0.5, 0.6) is 5.75 Å². The van der Waals surface area contributed by atoms with E-state index in [1.165, 1.54) is 0 Å². The van der Waals surface area contributed by atoms with Gasteiger partial charge in [-0.1, -0.05) is 0 Å². The van der Waals surface area contributed by atoms with E-state index < -0.39 is 6.10 Å². The lowest BCUT2D eigenvalue weighted by molar-refractivity contribution is -0.125. The van der Waals surface area contributed by atoms with Gasteiger partial charge in [0, 0.05) is 17.8 Å². The van der Waals surface area contributed by atoms with Crippen molar-refractivity contribution in [1.82, 2.24) is 0 Å². The Balaban J connectivity index is 2.30. The van der Waals surface area contributed by atoms with E-state index in [0.717, 1.165) is 5.69 Å². The van der Waals surface area contributed by atoms with Crippen LogP contribution >= 0.6 is 0 Å². The molecule has 0 bridgehead atoms. The van der Waals surface area contributed by atoms with Gasteiger partial charge in [0.1, 0.15) is 5.75 Å². The van der Waals surface area contributed by atoms with Gasteiger partial charge in [-0.25, -0.2) is 0 Å². The molecular formula is C14H21N3O2. The molecule has 5 nitrogen and oxygen atoms in total. The molecule has 0 aliphatic carbocycles. The van der Waals surface area contributed by atoms with E-state index >= 15 is 0 Å². The van der Waals surface area contributed by atoms with Crippen LogP contribution in [0, 0.1) is 0 Å². The highest BCUT2D eigenvalue weighted by Crippen LogP contribution is 2.35. The number of nitrogens with two attached hydrogens (primary N) is 2. The molecule has 1 amide bonds. The van der Waals surface area contributed by atoms with Crippen LogP contribution in [0.25, 0.3) is 0 Å². The fourth-order valence-corrected chi connectivity index (χ4v) is 2.05. The van der Waals surface area contributed by atoms with Crippen LogP contribution in [0.1, 0.15) is 27.2 Å². The monoisotopic (exact) mass is 263 g/mol. The summed E-state index contributed by atoms with van der Waals surface area (Å²) in [6.07, 6.45) is 0.233. The molecular weight excluding hydrogens is 242 g/mol. The minimum atomic E-state index is -0.475. The summed E-state index contributed by atoms with van der Waals surface area (Å²) in [7, 11) is 0. The summed E-state index contributed by atoms with van der Waals surface area (Å²) in [5, 5.41) is 0. The Morgan fingerprint density at radius 3 is 2.74 bits per heavy atom. The fraction of sp³-hybridized carbons (Fsp3) is 0.500. The Bertz CT molecular complexity index is 494. The van der Waals surface area contributed by atoms with Crippen molar-refractivity contribution in [3.8, 4) is 5.75 Å². The van der Waals surface area contributed by atoms with Gasteiger partial charge in [-0.3, -0.25) is 4.79 Å². The Morgan fingerprint density at radius 1 is 1.42 bits per heavy atom. The second kappa shape index (κ2) is 4.74. The largest absolute Gasteiger partial charge is 0.479 e. The van der Waals surface area contributed by atoms with Gasteiger partial charge in [-0.2, -0.15) is 0 Å². The average molecular weight is 263 g/mol. The van der Waals surface area contributed by atoms with Crippen LogP contribution in [0.3, 0.4) is 0 Å².